The van der Waals surface area contributed by atoms with E-state index < -0.39 is 0 Å². The molecule has 6 heteroatoms. The van der Waals surface area contributed by atoms with Gasteiger partial charge >= 0.3 is 6.03 Å². The van der Waals surface area contributed by atoms with Gasteiger partial charge in [-0.25, -0.2) is 4.79 Å². The van der Waals surface area contributed by atoms with Crippen LogP contribution in [0, 0.1) is 13.8 Å². The second kappa shape index (κ2) is 9.35. The molecule has 2 aromatic carbocycles. The number of benzene rings is 2. The monoisotopic (exact) mass is 383 g/mol. The molecule has 0 aromatic heterocycles. The molecule has 0 atom stereocenters. The van der Waals surface area contributed by atoms with Gasteiger partial charge in [-0.1, -0.05) is 18.2 Å². The molecule has 28 heavy (non-hydrogen) atoms. The Morgan fingerprint density at radius 2 is 1.71 bits per heavy atom. The van der Waals surface area contributed by atoms with E-state index in [0.717, 1.165) is 30.3 Å². The molecular weight excluding hydrogens is 354 g/mol. The maximum atomic E-state index is 12.4. The Labute approximate surface area is 167 Å². The van der Waals surface area contributed by atoms with E-state index in [1.807, 2.05) is 49.1 Å². The summed E-state index contributed by atoms with van der Waals surface area (Å²) in [5, 5.41) is 2.95. The minimum Gasteiger partial charge on any atom is -0.495 e. The third-order valence-electron chi connectivity index (χ3n) is 4.83. The second-order valence-corrected chi connectivity index (χ2v) is 7.05. The number of ether oxygens (including phenoxy) is 2. The lowest BCUT2D eigenvalue weighted by Crippen LogP contribution is -2.52. The van der Waals surface area contributed by atoms with E-state index in [1.165, 1.54) is 11.1 Å². The van der Waals surface area contributed by atoms with E-state index in [0.29, 0.717) is 26.2 Å². The third kappa shape index (κ3) is 5.09. The zero-order valence-corrected chi connectivity index (χ0v) is 16.9. The Bertz CT molecular complexity index is 781. The molecule has 1 heterocycles. The smallest absolute Gasteiger partial charge is 0.317 e. The van der Waals surface area contributed by atoms with Crippen molar-refractivity contribution in [1.82, 2.24) is 10.2 Å². The fraction of sp³-hybridized carbons (Fsp3) is 0.409. The number of anilines is 1. The van der Waals surface area contributed by atoms with Gasteiger partial charge in [0.25, 0.3) is 0 Å². The first kappa shape index (κ1) is 19.9. The van der Waals surface area contributed by atoms with Crippen LogP contribution in [-0.4, -0.2) is 57.4 Å². The maximum absolute atomic E-state index is 12.4. The molecular formula is C22H29N3O3. The molecule has 2 amide bonds. The van der Waals surface area contributed by atoms with Crippen molar-refractivity contribution in [1.29, 1.82) is 0 Å². The summed E-state index contributed by atoms with van der Waals surface area (Å²) in [5.41, 5.74) is 3.42. The highest BCUT2D eigenvalue weighted by molar-refractivity contribution is 5.74. The molecule has 150 valence electrons. The van der Waals surface area contributed by atoms with Crippen molar-refractivity contribution in [2.75, 3.05) is 51.3 Å². The number of methoxy groups -OCH3 is 1. The van der Waals surface area contributed by atoms with Gasteiger partial charge in [-0.2, -0.15) is 0 Å². The normalized spacial score (nSPS) is 14.0. The van der Waals surface area contributed by atoms with Crippen LogP contribution in [-0.2, 0) is 0 Å². The van der Waals surface area contributed by atoms with Crippen LogP contribution in [0.4, 0.5) is 10.5 Å². The van der Waals surface area contributed by atoms with Crippen molar-refractivity contribution >= 4 is 11.7 Å². The van der Waals surface area contributed by atoms with Crippen molar-refractivity contribution in [2.45, 2.75) is 13.8 Å². The zero-order valence-electron chi connectivity index (χ0n) is 16.9. The quantitative estimate of drug-likeness (QED) is 0.778. The first-order valence-corrected chi connectivity index (χ1v) is 9.68. The van der Waals surface area contributed by atoms with E-state index in [9.17, 15) is 4.79 Å². The Morgan fingerprint density at radius 3 is 2.39 bits per heavy atom. The maximum Gasteiger partial charge on any atom is 0.317 e. The Balaban J connectivity index is 1.41. The number of aryl methyl sites for hydroxylation is 2. The fourth-order valence-corrected chi connectivity index (χ4v) is 3.50. The summed E-state index contributed by atoms with van der Waals surface area (Å²) in [7, 11) is 1.68. The van der Waals surface area contributed by atoms with Gasteiger partial charge in [0.2, 0.25) is 0 Å². The highest BCUT2D eigenvalue weighted by Crippen LogP contribution is 2.28. The molecule has 1 aliphatic heterocycles. The van der Waals surface area contributed by atoms with Crippen LogP contribution < -0.4 is 19.7 Å². The molecule has 1 N–H and O–H groups in total. The molecule has 1 fully saturated rings. The van der Waals surface area contributed by atoms with Gasteiger partial charge in [-0.05, 0) is 49.2 Å². The number of carbonyl (C=O) groups excluding carboxylic acids is 1. The first-order valence-electron chi connectivity index (χ1n) is 9.68. The van der Waals surface area contributed by atoms with Crippen molar-refractivity contribution in [3.63, 3.8) is 0 Å². The summed E-state index contributed by atoms with van der Waals surface area (Å²) in [6.45, 7) is 7.97. The molecule has 3 rings (SSSR count). The van der Waals surface area contributed by atoms with Gasteiger partial charge in [-0.3, -0.25) is 0 Å². The van der Waals surface area contributed by atoms with Gasteiger partial charge < -0.3 is 24.6 Å². The number of carbonyl (C=O) groups is 1. The number of piperazine rings is 1. The predicted molar refractivity (Wildman–Crippen MR) is 112 cm³/mol. The summed E-state index contributed by atoms with van der Waals surface area (Å²) in [6.07, 6.45) is 0. The SMILES string of the molecule is COc1ccccc1N1CCN(C(=O)NCCOc2cc(C)cc(C)c2)CC1. The lowest BCUT2D eigenvalue weighted by Gasteiger charge is -2.36. The molecule has 0 spiro atoms. The van der Waals surface area contributed by atoms with E-state index in [1.54, 1.807) is 7.11 Å². The summed E-state index contributed by atoms with van der Waals surface area (Å²) in [6, 6.07) is 14.1. The van der Waals surface area contributed by atoms with Crippen LogP contribution in [0.15, 0.2) is 42.5 Å². The summed E-state index contributed by atoms with van der Waals surface area (Å²) in [5.74, 6) is 1.71. The molecule has 2 aromatic rings. The highest BCUT2D eigenvalue weighted by atomic mass is 16.5. The number of amides is 2. The molecule has 0 unspecified atom stereocenters. The number of rotatable bonds is 6. The topological polar surface area (TPSA) is 54.0 Å². The second-order valence-electron chi connectivity index (χ2n) is 7.05. The van der Waals surface area contributed by atoms with Crippen LogP contribution in [0.3, 0.4) is 0 Å². The number of hydrogen-bond acceptors (Lipinski definition) is 4. The lowest BCUT2D eigenvalue weighted by atomic mass is 10.1. The van der Waals surface area contributed by atoms with Crippen LogP contribution in [0.1, 0.15) is 11.1 Å². The van der Waals surface area contributed by atoms with E-state index in [4.69, 9.17) is 9.47 Å². The van der Waals surface area contributed by atoms with Crippen LogP contribution >= 0.6 is 0 Å². The number of nitrogens with one attached hydrogen (secondary N) is 1. The van der Waals surface area contributed by atoms with E-state index >= 15 is 0 Å². The third-order valence-corrected chi connectivity index (χ3v) is 4.83. The van der Waals surface area contributed by atoms with Crippen LogP contribution in [0.2, 0.25) is 0 Å². The molecule has 6 nitrogen and oxygen atoms in total. The van der Waals surface area contributed by atoms with E-state index in [-0.39, 0.29) is 6.03 Å². The van der Waals surface area contributed by atoms with Gasteiger partial charge in [0, 0.05) is 26.2 Å². The number of hydrogen-bond donors (Lipinski definition) is 1. The highest BCUT2D eigenvalue weighted by Gasteiger charge is 2.22. The van der Waals surface area contributed by atoms with Gasteiger partial charge in [-0.15, -0.1) is 0 Å². The summed E-state index contributed by atoms with van der Waals surface area (Å²) >= 11 is 0. The number of nitrogens with zero attached hydrogens (tertiary/aromatic N) is 2. The molecule has 0 aliphatic carbocycles. The Hall–Kier alpha value is -2.89. The number of para-hydroxylation sites is 2. The number of urea groups is 1. The fourth-order valence-electron chi connectivity index (χ4n) is 3.50. The Morgan fingerprint density at radius 1 is 1.04 bits per heavy atom. The van der Waals surface area contributed by atoms with Gasteiger partial charge in [0.05, 0.1) is 19.3 Å². The molecule has 0 radical (unpaired) electrons. The van der Waals surface area contributed by atoms with Crippen molar-refractivity contribution < 1.29 is 14.3 Å². The van der Waals surface area contributed by atoms with E-state index in [2.05, 4.69) is 22.3 Å². The molecule has 1 saturated heterocycles. The van der Waals surface area contributed by atoms with Crippen molar-refractivity contribution in [2.24, 2.45) is 0 Å². The summed E-state index contributed by atoms with van der Waals surface area (Å²) < 4.78 is 11.2. The standard InChI is InChI=1S/C22H29N3O3/c1-17-14-18(2)16-19(15-17)28-13-8-23-22(26)25-11-9-24(10-12-25)20-6-4-5-7-21(20)27-3/h4-7,14-16H,8-13H2,1-3H3,(H,23,26). The minimum atomic E-state index is -0.0382. The predicted octanol–water partition coefficient (Wildman–Crippen LogP) is 3.22. The minimum absolute atomic E-state index is 0.0382. The molecule has 0 saturated carbocycles. The Kier molecular flexibility index (Phi) is 6.63. The van der Waals surface area contributed by atoms with Crippen molar-refractivity contribution in [3.05, 3.63) is 53.6 Å². The largest absolute Gasteiger partial charge is 0.495 e. The molecule has 1 aliphatic rings. The van der Waals surface area contributed by atoms with Gasteiger partial charge in [0.1, 0.15) is 18.1 Å². The average molecular weight is 383 g/mol. The van der Waals surface area contributed by atoms with Crippen LogP contribution in [0.25, 0.3) is 0 Å². The zero-order chi connectivity index (χ0) is 19.9. The average Bonchev–Trinajstić information content (AvgIpc) is 2.70. The van der Waals surface area contributed by atoms with Gasteiger partial charge in [0.15, 0.2) is 0 Å². The van der Waals surface area contributed by atoms with Crippen LogP contribution in [0.5, 0.6) is 11.5 Å². The first-order chi connectivity index (χ1) is 13.6. The summed E-state index contributed by atoms with van der Waals surface area (Å²) in [4.78, 5) is 16.5. The lowest BCUT2D eigenvalue weighted by molar-refractivity contribution is 0.191. The van der Waals surface area contributed by atoms with Crippen molar-refractivity contribution in [3.8, 4) is 11.5 Å². The molecule has 0 bridgehead atoms.